The van der Waals surface area contributed by atoms with E-state index in [9.17, 15) is 8.42 Å². The Morgan fingerprint density at radius 1 is 1.47 bits per heavy atom. The van der Waals surface area contributed by atoms with Crippen molar-refractivity contribution in [2.45, 2.75) is 11.8 Å². The van der Waals surface area contributed by atoms with Crippen molar-refractivity contribution >= 4 is 15.9 Å². The molecule has 0 aromatic heterocycles. The number of allylic oxidation sites excluding steroid dienone is 1. The summed E-state index contributed by atoms with van der Waals surface area (Å²) in [5.41, 5.74) is 0.714. The normalized spacial score (nSPS) is 11.5. The SMILES string of the molecule is CCS(=O)(=O)c1cccc(C=CC#N)c1. The van der Waals surface area contributed by atoms with Gasteiger partial charge in [0.2, 0.25) is 0 Å². The molecule has 0 radical (unpaired) electrons. The predicted molar refractivity (Wildman–Crippen MR) is 58.8 cm³/mol. The lowest BCUT2D eigenvalue weighted by Crippen LogP contribution is -2.03. The molecule has 0 aliphatic heterocycles. The van der Waals surface area contributed by atoms with Gasteiger partial charge in [-0.1, -0.05) is 19.1 Å². The van der Waals surface area contributed by atoms with E-state index >= 15 is 0 Å². The molecule has 0 fully saturated rings. The first-order valence-electron chi connectivity index (χ1n) is 4.49. The Balaban J connectivity index is 3.15. The van der Waals surface area contributed by atoms with Gasteiger partial charge in [0.1, 0.15) is 0 Å². The summed E-state index contributed by atoms with van der Waals surface area (Å²) in [6, 6.07) is 8.40. The molecule has 0 atom stereocenters. The lowest BCUT2D eigenvalue weighted by molar-refractivity contribution is 0.597. The van der Waals surface area contributed by atoms with Gasteiger partial charge in [-0.2, -0.15) is 5.26 Å². The van der Waals surface area contributed by atoms with Gasteiger partial charge < -0.3 is 0 Å². The third-order valence-corrected chi connectivity index (χ3v) is 3.68. The van der Waals surface area contributed by atoms with Crippen LogP contribution in [0, 0.1) is 11.3 Å². The topological polar surface area (TPSA) is 57.9 Å². The fourth-order valence-corrected chi connectivity index (χ4v) is 2.05. The first-order valence-corrected chi connectivity index (χ1v) is 6.14. The molecule has 4 heteroatoms. The van der Waals surface area contributed by atoms with Crippen LogP contribution in [0.25, 0.3) is 6.08 Å². The van der Waals surface area contributed by atoms with Crippen LogP contribution < -0.4 is 0 Å². The molecule has 3 nitrogen and oxygen atoms in total. The van der Waals surface area contributed by atoms with Gasteiger partial charge in [-0.05, 0) is 23.8 Å². The molecule has 78 valence electrons. The van der Waals surface area contributed by atoms with Crippen molar-refractivity contribution in [3.63, 3.8) is 0 Å². The van der Waals surface area contributed by atoms with E-state index in [0.29, 0.717) is 10.5 Å². The third kappa shape index (κ3) is 2.93. The van der Waals surface area contributed by atoms with E-state index in [1.165, 1.54) is 6.08 Å². The number of nitrogens with zero attached hydrogens (tertiary/aromatic N) is 1. The van der Waals surface area contributed by atoms with Crippen LogP contribution in [0.1, 0.15) is 12.5 Å². The minimum absolute atomic E-state index is 0.0818. The summed E-state index contributed by atoms with van der Waals surface area (Å²) >= 11 is 0. The average molecular weight is 221 g/mol. The molecule has 0 unspecified atom stereocenters. The number of nitriles is 1. The fraction of sp³-hybridized carbons (Fsp3) is 0.182. The van der Waals surface area contributed by atoms with Crippen LogP contribution in [0.2, 0.25) is 0 Å². The molecule has 0 aliphatic carbocycles. The molecule has 0 saturated carbocycles. The molecule has 0 amide bonds. The fourth-order valence-electron chi connectivity index (χ4n) is 1.11. The highest BCUT2D eigenvalue weighted by molar-refractivity contribution is 7.91. The highest BCUT2D eigenvalue weighted by Gasteiger charge is 2.10. The van der Waals surface area contributed by atoms with E-state index < -0.39 is 9.84 Å². The standard InChI is InChI=1S/C11H11NO2S/c1-2-15(13,14)11-7-3-5-10(9-11)6-4-8-12/h3-7,9H,2H2,1H3. The smallest absolute Gasteiger partial charge is 0.178 e. The van der Waals surface area contributed by atoms with E-state index in [1.807, 2.05) is 6.07 Å². The van der Waals surface area contributed by atoms with Gasteiger partial charge in [0, 0.05) is 6.08 Å². The Morgan fingerprint density at radius 3 is 2.80 bits per heavy atom. The number of hydrogen-bond donors (Lipinski definition) is 0. The predicted octanol–water partition coefficient (Wildman–Crippen LogP) is 2.02. The van der Waals surface area contributed by atoms with Crippen molar-refractivity contribution in [3.05, 3.63) is 35.9 Å². The van der Waals surface area contributed by atoms with E-state index in [4.69, 9.17) is 5.26 Å². The van der Waals surface area contributed by atoms with Crippen LogP contribution in [-0.2, 0) is 9.84 Å². The molecule has 15 heavy (non-hydrogen) atoms. The van der Waals surface area contributed by atoms with Gasteiger partial charge in [0.15, 0.2) is 9.84 Å². The lowest BCUT2D eigenvalue weighted by Gasteiger charge is -2.01. The summed E-state index contributed by atoms with van der Waals surface area (Å²) < 4.78 is 23.1. The molecule has 1 aromatic carbocycles. The average Bonchev–Trinajstić information content (AvgIpc) is 2.27. The highest BCUT2D eigenvalue weighted by atomic mass is 32.2. The second kappa shape index (κ2) is 4.76. The first-order chi connectivity index (χ1) is 7.10. The monoisotopic (exact) mass is 221 g/mol. The molecule has 1 aromatic rings. The van der Waals surface area contributed by atoms with E-state index in [2.05, 4.69) is 0 Å². The minimum atomic E-state index is -3.16. The zero-order chi connectivity index (χ0) is 11.3. The van der Waals surface area contributed by atoms with Gasteiger partial charge in [-0.25, -0.2) is 8.42 Å². The summed E-state index contributed by atoms with van der Waals surface area (Å²) in [4.78, 5) is 0.296. The Morgan fingerprint density at radius 2 is 2.20 bits per heavy atom. The van der Waals surface area contributed by atoms with E-state index in [-0.39, 0.29) is 5.75 Å². The second-order valence-corrected chi connectivity index (χ2v) is 5.22. The van der Waals surface area contributed by atoms with Crippen molar-refractivity contribution < 1.29 is 8.42 Å². The Kier molecular flexibility index (Phi) is 3.64. The van der Waals surface area contributed by atoms with Crippen LogP contribution >= 0.6 is 0 Å². The quantitative estimate of drug-likeness (QED) is 0.734. The van der Waals surface area contributed by atoms with Gasteiger partial charge in [0.05, 0.1) is 16.7 Å². The summed E-state index contributed by atoms with van der Waals surface area (Å²) in [5.74, 6) is 0.0818. The molecule has 0 heterocycles. The lowest BCUT2D eigenvalue weighted by atomic mass is 10.2. The highest BCUT2D eigenvalue weighted by Crippen LogP contribution is 2.14. The first kappa shape index (κ1) is 11.5. The van der Waals surface area contributed by atoms with Crippen LogP contribution in [-0.4, -0.2) is 14.2 Å². The molecule has 0 bridgehead atoms. The third-order valence-electron chi connectivity index (χ3n) is 1.95. The van der Waals surface area contributed by atoms with Crippen LogP contribution in [0.4, 0.5) is 0 Å². The van der Waals surface area contributed by atoms with Crippen molar-refractivity contribution in [1.82, 2.24) is 0 Å². The summed E-state index contributed by atoms with van der Waals surface area (Å²) in [5, 5.41) is 8.35. The van der Waals surface area contributed by atoms with Crippen molar-refractivity contribution in [2.24, 2.45) is 0 Å². The minimum Gasteiger partial charge on any atom is -0.224 e. The molecule has 0 aliphatic rings. The molecular weight excluding hydrogens is 210 g/mol. The summed E-state index contributed by atoms with van der Waals surface area (Å²) in [6.07, 6.45) is 2.90. The van der Waals surface area contributed by atoms with Crippen LogP contribution in [0.5, 0.6) is 0 Å². The van der Waals surface area contributed by atoms with Crippen molar-refractivity contribution in [2.75, 3.05) is 5.75 Å². The maximum atomic E-state index is 11.5. The summed E-state index contributed by atoms with van der Waals surface area (Å²) in [6.45, 7) is 1.60. The number of sulfone groups is 1. The summed E-state index contributed by atoms with van der Waals surface area (Å²) in [7, 11) is -3.16. The largest absolute Gasteiger partial charge is 0.224 e. The van der Waals surface area contributed by atoms with Crippen molar-refractivity contribution in [1.29, 1.82) is 5.26 Å². The second-order valence-electron chi connectivity index (χ2n) is 2.94. The molecular formula is C11H11NO2S. The molecule has 0 spiro atoms. The maximum absolute atomic E-state index is 11.5. The maximum Gasteiger partial charge on any atom is 0.178 e. The van der Waals surface area contributed by atoms with Gasteiger partial charge in [-0.3, -0.25) is 0 Å². The van der Waals surface area contributed by atoms with Crippen molar-refractivity contribution in [3.8, 4) is 6.07 Å². The number of hydrogen-bond acceptors (Lipinski definition) is 3. The zero-order valence-corrected chi connectivity index (χ0v) is 9.16. The Labute approximate surface area is 89.6 Å². The number of rotatable bonds is 3. The molecule has 0 saturated heterocycles. The van der Waals surface area contributed by atoms with E-state index in [0.717, 1.165) is 0 Å². The Hall–Kier alpha value is -1.60. The van der Waals surface area contributed by atoms with Gasteiger partial charge in [0.25, 0.3) is 0 Å². The van der Waals surface area contributed by atoms with Crippen LogP contribution in [0.3, 0.4) is 0 Å². The molecule has 1 rings (SSSR count). The molecule has 0 N–H and O–H groups in total. The van der Waals surface area contributed by atoms with Gasteiger partial charge >= 0.3 is 0 Å². The van der Waals surface area contributed by atoms with Crippen LogP contribution in [0.15, 0.2) is 35.2 Å². The Bertz CT molecular complexity index is 510. The number of benzene rings is 1. The van der Waals surface area contributed by atoms with Gasteiger partial charge in [-0.15, -0.1) is 0 Å². The zero-order valence-electron chi connectivity index (χ0n) is 8.34. The van der Waals surface area contributed by atoms with E-state index in [1.54, 1.807) is 37.3 Å².